The number of carbonyl (C=O) groups excluding carboxylic acids is 2. The molecule has 2 fully saturated rings. The molecule has 3 rings (SSSR count). The van der Waals surface area contributed by atoms with E-state index in [1.165, 1.54) is 0 Å². The smallest absolute Gasteiger partial charge is 0.226 e. The van der Waals surface area contributed by atoms with E-state index in [0.717, 1.165) is 24.8 Å². The van der Waals surface area contributed by atoms with Gasteiger partial charge in [0.25, 0.3) is 0 Å². The summed E-state index contributed by atoms with van der Waals surface area (Å²) in [5, 5.41) is 12.2. The maximum Gasteiger partial charge on any atom is 0.226 e. The third-order valence-electron chi connectivity index (χ3n) is 5.61. The number of morpholine rings is 1. The Morgan fingerprint density at radius 2 is 1.86 bits per heavy atom. The van der Waals surface area contributed by atoms with E-state index in [9.17, 15) is 14.9 Å². The molecule has 0 radical (unpaired) electrons. The number of nitriles is 1. The Hall–Kier alpha value is -2.43. The first kappa shape index (κ1) is 21.3. The average Bonchev–Trinajstić information content (AvgIpc) is 2.79. The molecule has 0 spiro atoms. The topological polar surface area (TPSA) is 91.7 Å². The predicted octanol–water partition coefficient (Wildman–Crippen LogP) is 1.88. The summed E-state index contributed by atoms with van der Waals surface area (Å²) in [7, 11) is 0. The lowest BCUT2D eigenvalue weighted by Crippen LogP contribution is -2.50. The van der Waals surface area contributed by atoms with Crippen LogP contribution in [0.4, 0.5) is 0 Å². The van der Waals surface area contributed by atoms with Crippen LogP contribution in [0, 0.1) is 23.2 Å². The number of hydrogen-bond acceptors (Lipinski definition) is 5. The van der Waals surface area contributed by atoms with Gasteiger partial charge in [-0.25, -0.2) is 0 Å². The first-order chi connectivity index (χ1) is 14.2. The largest absolute Gasteiger partial charge is 0.378 e. The van der Waals surface area contributed by atoms with E-state index in [1.54, 1.807) is 0 Å². The number of ether oxygens (including phenoxy) is 2. The summed E-state index contributed by atoms with van der Waals surface area (Å²) in [4.78, 5) is 27.6. The molecule has 0 bridgehead atoms. The summed E-state index contributed by atoms with van der Waals surface area (Å²) in [6.07, 6.45) is 3.27. The number of rotatable bonds is 7. The lowest BCUT2D eigenvalue weighted by molar-refractivity contribution is -0.147. The molecule has 0 aromatic heterocycles. The van der Waals surface area contributed by atoms with Crippen LogP contribution in [0.3, 0.4) is 0 Å². The van der Waals surface area contributed by atoms with Crippen LogP contribution in [0.15, 0.2) is 30.3 Å². The number of benzene rings is 1. The molecular weight excluding hydrogens is 370 g/mol. The molecule has 1 aromatic carbocycles. The standard InChI is InChI=1S/C22H29N3O4/c23-14-18(16-29-15-17-6-2-1-3-7-17)24-21(26)19-8-4-5-9-20(19)22(27)25-10-12-28-13-11-25/h1-3,6-7,18-20H,4-5,8-13,15-16H2,(H,24,26)/t18-,19?,20?/m1/s1. The fraction of sp³-hybridized carbons (Fsp3) is 0.591. The van der Waals surface area contributed by atoms with Crippen LogP contribution in [-0.2, 0) is 25.7 Å². The lowest BCUT2D eigenvalue weighted by Gasteiger charge is -2.35. The predicted molar refractivity (Wildman–Crippen MR) is 106 cm³/mol. The van der Waals surface area contributed by atoms with Crippen LogP contribution in [0.2, 0.25) is 0 Å². The molecule has 1 heterocycles. The van der Waals surface area contributed by atoms with Crippen molar-refractivity contribution in [2.45, 2.75) is 38.3 Å². The van der Waals surface area contributed by atoms with Crippen molar-refractivity contribution in [3.63, 3.8) is 0 Å². The van der Waals surface area contributed by atoms with E-state index in [1.807, 2.05) is 35.2 Å². The molecule has 2 amide bonds. The summed E-state index contributed by atoms with van der Waals surface area (Å²) >= 11 is 0. The molecule has 7 nitrogen and oxygen atoms in total. The van der Waals surface area contributed by atoms with Crippen molar-refractivity contribution in [2.24, 2.45) is 11.8 Å². The van der Waals surface area contributed by atoms with E-state index < -0.39 is 6.04 Å². The molecule has 2 aliphatic rings. The first-order valence-corrected chi connectivity index (χ1v) is 10.4. The SMILES string of the molecule is N#C[C@H](COCc1ccccc1)NC(=O)C1CCCCC1C(=O)N1CCOCC1. The van der Waals surface area contributed by atoms with Crippen LogP contribution in [-0.4, -0.2) is 55.7 Å². The molecule has 3 atom stereocenters. The number of amides is 2. The molecule has 1 aliphatic carbocycles. The Morgan fingerprint density at radius 3 is 2.55 bits per heavy atom. The second-order valence-electron chi connectivity index (χ2n) is 7.63. The van der Waals surface area contributed by atoms with Gasteiger partial charge in [0, 0.05) is 24.9 Å². The molecular formula is C22H29N3O4. The summed E-state index contributed by atoms with van der Waals surface area (Å²) < 4.78 is 10.9. The Kier molecular flexibility index (Phi) is 8.03. The second kappa shape index (κ2) is 10.9. The Balaban J connectivity index is 1.53. The van der Waals surface area contributed by atoms with Gasteiger partial charge < -0.3 is 19.7 Å². The maximum absolute atomic E-state index is 13.0. The zero-order chi connectivity index (χ0) is 20.5. The molecule has 7 heteroatoms. The third kappa shape index (κ3) is 6.02. The van der Waals surface area contributed by atoms with Crippen molar-refractivity contribution in [3.05, 3.63) is 35.9 Å². The molecule has 29 heavy (non-hydrogen) atoms. The summed E-state index contributed by atoms with van der Waals surface area (Å²) in [6.45, 7) is 2.76. The van der Waals surface area contributed by atoms with Gasteiger partial charge in [-0.2, -0.15) is 5.26 Å². The quantitative estimate of drug-likeness (QED) is 0.756. The van der Waals surface area contributed by atoms with Gasteiger partial charge in [0.05, 0.1) is 32.5 Å². The van der Waals surface area contributed by atoms with Crippen LogP contribution >= 0.6 is 0 Å². The Labute approximate surface area is 172 Å². The van der Waals surface area contributed by atoms with Crippen LogP contribution in [0.5, 0.6) is 0 Å². The van der Waals surface area contributed by atoms with Crippen LogP contribution in [0.1, 0.15) is 31.2 Å². The van der Waals surface area contributed by atoms with Gasteiger partial charge in [0.15, 0.2) is 0 Å². The Morgan fingerprint density at radius 1 is 1.17 bits per heavy atom. The maximum atomic E-state index is 13.0. The molecule has 1 aromatic rings. The fourth-order valence-electron chi connectivity index (χ4n) is 4.02. The zero-order valence-corrected chi connectivity index (χ0v) is 16.7. The van der Waals surface area contributed by atoms with Gasteiger partial charge in [0.2, 0.25) is 11.8 Å². The number of nitrogens with one attached hydrogen (secondary N) is 1. The highest BCUT2D eigenvalue weighted by atomic mass is 16.5. The number of hydrogen-bond donors (Lipinski definition) is 1. The minimum atomic E-state index is -0.729. The van der Waals surface area contributed by atoms with Gasteiger partial charge in [-0.1, -0.05) is 43.2 Å². The third-order valence-corrected chi connectivity index (χ3v) is 5.61. The Bertz CT molecular complexity index is 713. The fourth-order valence-corrected chi connectivity index (χ4v) is 4.02. The zero-order valence-electron chi connectivity index (χ0n) is 16.7. The second-order valence-corrected chi connectivity index (χ2v) is 7.63. The van der Waals surface area contributed by atoms with Crippen molar-refractivity contribution >= 4 is 11.8 Å². The van der Waals surface area contributed by atoms with E-state index in [2.05, 4.69) is 11.4 Å². The first-order valence-electron chi connectivity index (χ1n) is 10.4. The summed E-state index contributed by atoms with van der Waals surface area (Å²) in [5.41, 5.74) is 1.01. The van der Waals surface area contributed by atoms with E-state index >= 15 is 0 Å². The van der Waals surface area contributed by atoms with Gasteiger partial charge in [-0.05, 0) is 18.4 Å². The van der Waals surface area contributed by atoms with E-state index in [-0.39, 0.29) is 30.3 Å². The molecule has 2 unspecified atom stereocenters. The average molecular weight is 399 g/mol. The van der Waals surface area contributed by atoms with Crippen molar-refractivity contribution in [1.29, 1.82) is 5.26 Å². The highest BCUT2D eigenvalue weighted by molar-refractivity contribution is 5.88. The highest BCUT2D eigenvalue weighted by Gasteiger charge is 2.38. The molecule has 1 saturated heterocycles. The lowest BCUT2D eigenvalue weighted by atomic mass is 9.77. The van der Waals surface area contributed by atoms with Crippen LogP contribution in [0.25, 0.3) is 0 Å². The van der Waals surface area contributed by atoms with Crippen molar-refractivity contribution < 1.29 is 19.1 Å². The van der Waals surface area contributed by atoms with E-state index in [4.69, 9.17) is 9.47 Å². The molecule has 1 N–H and O–H groups in total. The van der Waals surface area contributed by atoms with Crippen LogP contribution < -0.4 is 5.32 Å². The van der Waals surface area contributed by atoms with Gasteiger partial charge in [-0.15, -0.1) is 0 Å². The summed E-state index contributed by atoms with van der Waals surface area (Å²) in [6, 6.07) is 11.1. The monoisotopic (exact) mass is 399 g/mol. The molecule has 1 saturated carbocycles. The van der Waals surface area contributed by atoms with Crippen molar-refractivity contribution in [1.82, 2.24) is 10.2 Å². The number of carbonyl (C=O) groups is 2. The van der Waals surface area contributed by atoms with Gasteiger partial charge in [0.1, 0.15) is 6.04 Å². The van der Waals surface area contributed by atoms with E-state index in [0.29, 0.717) is 39.3 Å². The van der Waals surface area contributed by atoms with Gasteiger partial charge in [-0.3, -0.25) is 9.59 Å². The minimum Gasteiger partial charge on any atom is -0.378 e. The molecule has 1 aliphatic heterocycles. The van der Waals surface area contributed by atoms with Gasteiger partial charge >= 0.3 is 0 Å². The van der Waals surface area contributed by atoms with Crippen molar-refractivity contribution in [3.8, 4) is 6.07 Å². The highest BCUT2D eigenvalue weighted by Crippen LogP contribution is 2.32. The minimum absolute atomic E-state index is 0.0435. The normalized spacial score (nSPS) is 23.1. The number of nitrogens with zero attached hydrogens (tertiary/aromatic N) is 2. The molecule has 156 valence electrons. The summed E-state index contributed by atoms with van der Waals surface area (Å²) in [5.74, 6) is -0.872. The van der Waals surface area contributed by atoms with Crippen molar-refractivity contribution in [2.75, 3.05) is 32.9 Å².